The van der Waals surface area contributed by atoms with Gasteiger partial charge >= 0.3 is 11.9 Å². The number of ether oxygens (including phenoxy) is 2. The monoisotopic (exact) mass is 478 g/mol. The van der Waals surface area contributed by atoms with Crippen molar-refractivity contribution in [2.45, 2.75) is 70.2 Å². The van der Waals surface area contributed by atoms with Gasteiger partial charge in [-0.05, 0) is 32.8 Å². The van der Waals surface area contributed by atoms with Crippen molar-refractivity contribution in [1.82, 2.24) is 10.6 Å². The van der Waals surface area contributed by atoms with Gasteiger partial charge in [0.25, 0.3) is 0 Å². The minimum Gasteiger partial charge on any atom is -0.467 e. The van der Waals surface area contributed by atoms with Crippen LogP contribution >= 0.6 is 0 Å². The molecule has 1 aromatic rings. The minimum atomic E-state index is -1.38. The van der Waals surface area contributed by atoms with E-state index in [4.69, 9.17) is 20.9 Å². The summed E-state index contributed by atoms with van der Waals surface area (Å²) in [5, 5.41) is 4.93. The summed E-state index contributed by atoms with van der Waals surface area (Å²) in [5.74, 6) is -3.63. The zero-order valence-electron chi connectivity index (χ0n) is 20.0. The Labute approximate surface area is 198 Å². The van der Waals surface area contributed by atoms with Gasteiger partial charge in [-0.15, -0.1) is 0 Å². The quantitative estimate of drug-likeness (QED) is 0.295. The number of amides is 3. The molecule has 0 spiro atoms. The lowest BCUT2D eigenvalue weighted by Gasteiger charge is -2.25. The molecule has 0 bridgehead atoms. The molecule has 0 fully saturated rings. The minimum absolute atomic E-state index is 0.0409. The van der Waals surface area contributed by atoms with Gasteiger partial charge in [-0.3, -0.25) is 19.2 Å². The van der Waals surface area contributed by atoms with Crippen molar-refractivity contribution in [3.63, 3.8) is 0 Å². The summed E-state index contributed by atoms with van der Waals surface area (Å²) in [4.78, 5) is 61.1. The van der Waals surface area contributed by atoms with Crippen LogP contribution in [0, 0.1) is 0 Å². The fraction of sp³-hybridized carbons (Fsp3) is 0.522. The maximum Gasteiger partial charge on any atom is 0.328 e. The highest BCUT2D eigenvalue weighted by Gasteiger charge is 2.31. The normalized spacial score (nSPS) is 13.7. The SMILES string of the molecule is COC(=O)[C@H](Cc1ccccc1)NC(=O)[C@H](CC(=O)OC(C)(C)C)NC(=O)[C@@H](N)CCC(N)=O. The summed E-state index contributed by atoms with van der Waals surface area (Å²) in [6.45, 7) is 4.97. The summed E-state index contributed by atoms with van der Waals surface area (Å²) < 4.78 is 10.0. The number of carbonyl (C=O) groups is 5. The second-order valence-corrected chi connectivity index (χ2v) is 8.74. The number of primary amides is 1. The van der Waals surface area contributed by atoms with Crippen LogP contribution in [0.15, 0.2) is 30.3 Å². The summed E-state index contributed by atoms with van der Waals surface area (Å²) in [6, 6.07) is 5.34. The third kappa shape index (κ3) is 10.9. The molecule has 0 aliphatic carbocycles. The number of carbonyl (C=O) groups excluding carboxylic acids is 5. The van der Waals surface area contributed by atoms with Crippen molar-refractivity contribution in [3.8, 4) is 0 Å². The van der Waals surface area contributed by atoms with Gasteiger partial charge in [0, 0.05) is 12.8 Å². The molecule has 1 aromatic carbocycles. The molecular formula is C23H34N4O7. The van der Waals surface area contributed by atoms with Crippen LogP contribution in [0.25, 0.3) is 0 Å². The Kier molecular flexibility index (Phi) is 11.2. The zero-order valence-corrected chi connectivity index (χ0v) is 20.0. The van der Waals surface area contributed by atoms with Crippen LogP contribution < -0.4 is 22.1 Å². The van der Waals surface area contributed by atoms with E-state index in [1.165, 1.54) is 7.11 Å². The number of esters is 2. The van der Waals surface area contributed by atoms with Crippen LogP contribution in [0.2, 0.25) is 0 Å². The topological polar surface area (TPSA) is 180 Å². The maximum atomic E-state index is 13.0. The molecular weight excluding hydrogens is 444 g/mol. The second-order valence-electron chi connectivity index (χ2n) is 8.74. The van der Waals surface area contributed by atoms with E-state index in [9.17, 15) is 24.0 Å². The Balaban J connectivity index is 3.02. The van der Waals surface area contributed by atoms with Crippen LogP contribution in [0.5, 0.6) is 0 Å². The molecule has 11 heteroatoms. The van der Waals surface area contributed by atoms with Gasteiger partial charge in [-0.1, -0.05) is 30.3 Å². The first-order chi connectivity index (χ1) is 15.8. The van der Waals surface area contributed by atoms with Crippen LogP contribution in [0.4, 0.5) is 0 Å². The standard InChI is InChI=1S/C23H34N4O7/c1-23(2,3)34-19(29)13-16(26-20(30)15(24)10-11-18(25)28)21(31)27-17(22(32)33-4)12-14-8-6-5-7-9-14/h5-9,15-17H,10-13,24H2,1-4H3,(H2,25,28)(H,26,30)(H,27,31)/t15-,16-,17-/m0/s1. The summed E-state index contributed by atoms with van der Waals surface area (Å²) in [7, 11) is 1.18. The number of hydrogen-bond acceptors (Lipinski definition) is 8. The van der Waals surface area contributed by atoms with E-state index < -0.39 is 59.8 Å². The Morgan fingerprint density at radius 2 is 1.56 bits per heavy atom. The van der Waals surface area contributed by atoms with E-state index in [0.29, 0.717) is 0 Å². The third-order valence-corrected chi connectivity index (χ3v) is 4.55. The van der Waals surface area contributed by atoms with Crippen molar-refractivity contribution >= 4 is 29.7 Å². The van der Waals surface area contributed by atoms with Gasteiger partial charge in [0.1, 0.15) is 17.7 Å². The molecule has 0 aliphatic rings. The molecule has 34 heavy (non-hydrogen) atoms. The van der Waals surface area contributed by atoms with Crippen LogP contribution in [-0.2, 0) is 39.9 Å². The van der Waals surface area contributed by atoms with E-state index in [1.54, 1.807) is 45.0 Å². The Bertz CT molecular complexity index is 868. The van der Waals surface area contributed by atoms with Gasteiger partial charge in [-0.2, -0.15) is 0 Å². The number of nitrogens with two attached hydrogens (primary N) is 2. The van der Waals surface area contributed by atoms with Crippen molar-refractivity contribution in [2.24, 2.45) is 11.5 Å². The Hall–Kier alpha value is -3.47. The fourth-order valence-corrected chi connectivity index (χ4v) is 2.92. The van der Waals surface area contributed by atoms with E-state index in [-0.39, 0.29) is 19.3 Å². The molecule has 0 radical (unpaired) electrons. The highest BCUT2D eigenvalue weighted by Crippen LogP contribution is 2.11. The molecule has 1 rings (SSSR count). The number of nitrogens with one attached hydrogen (secondary N) is 2. The van der Waals surface area contributed by atoms with Crippen LogP contribution in [0.1, 0.15) is 45.6 Å². The smallest absolute Gasteiger partial charge is 0.328 e. The Morgan fingerprint density at radius 1 is 0.971 bits per heavy atom. The van der Waals surface area contributed by atoms with Gasteiger partial charge in [0.15, 0.2) is 0 Å². The summed E-state index contributed by atoms with van der Waals surface area (Å²) in [5.41, 5.74) is 10.8. The molecule has 0 unspecified atom stereocenters. The second kappa shape index (κ2) is 13.3. The molecule has 3 amide bonds. The average molecular weight is 479 g/mol. The fourth-order valence-electron chi connectivity index (χ4n) is 2.92. The molecule has 0 saturated heterocycles. The van der Waals surface area contributed by atoms with Crippen molar-refractivity contribution in [2.75, 3.05) is 7.11 Å². The number of rotatable bonds is 12. The zero-order chi connectivity index (χ0) is 25.9. The largest absolute Gasteiger partial charge is 0.467 e. The number of methoxy groups -OCH3 is 1. The van der Waals surface area contributed by atoms with E-state index in [2.05, 4.69) is 10.6 Å². The third-order valence-electron chi connectivity index (χ3n) is 4.55. The molecule has 3 atom stereocenters. The Morgan fingerprint density at radius 3 is 2.09 bits per heavy atom. The number of benzene rings is 1. The predicted molar refractivity (Wildman–Crippen MR) is 123 cm³/mol. The first kappa shape index (κ1) is 28.6. The summed E-state index contributed by atoms with van der Waals surface area (Å²) in [6.07, 6.45) is -0.541. The van der Waals surface area contributed by atoms with E-state index in [1.807, 2.05) is 6.07 Å². The highest BCUT2D eigenvalue weighted by atomic mass is 16.6. The number of hydrogen-bond donors (Lipinski definition) is 4. The summed E-state index contributed by atoms with van der Waals surface area (Å²) >= 11 is 0. The lowest BCUT2D eigenvalue weighted by molar-refractivity contribution is -0.156. The van der Waals surface area contributed by atoms with E-state index >= 15 is 0 Å². The molecule has 188 valence electrons. The van der Waals surface area contributed by atoms with Gasteiger partial charge < -0.3 is 31.6 Å². The molecule has 11 nitrogen and oxygen atoms in total. The van der Waals surface area contributed by atoms with Gasteiger partial charge in [0.2, 0.25) is 17.7 Å². The van der Waals surface area contributed by atoms with Crippen molar-refractivity contribution in [3.05, 3.63) is 35.9 Å². The lowest BCUT2D eigenvalue weighted by Crippen LogP contribution is -2.55. The van der Waals surface area contributed by atoms with Crippen LogP contribution in [-0.4, -0.2) is 60.5 Å². The first-order valence-corrected chi connectivity index (χ1v) is 10.8. The average Bonchev–Trinajstić information content (AvgIpc) is 2.75. The van der Waals surface area contributed by atoms with Gasteiger partial charge in [0.05, 0.1) is 19.6 Å². The molecule has 0 aliphatic heterocycles. The van der Waals surface area contributed by atoms with Crippen molar-refractivity contribution < 1.29 is 33.4 Å². The van der Waals surface area contributed by atoms with Crippen molar-refractivity contribution in [1.29, 1.82) is 0 Å². The molecule has 0 heterocycles. The predicted octanol–water partition coefficient (Wildman–Crippen LogP) is -0.304. The first-order valence-electron chi connectivity index (χ1n) is 10.8. The highest BCUT2D eigenvalue weighted by molar-refractivity contribution is 5.94. The van der Waals surface area contributed by atoms with E-state index in [0.717, 1.165) is 5.56 Å². The molecule has 0 aromatic heterocycles. The molecule has 6 N–H and O–H groups in total. The molecule has 0 saturated carbocycles. The van der Waals surface area contributed by atoms with Gasteiger partial charge in [-0.25, -0.2) is 4.79 Å². The lowest BCUT2D eigenvalue weighted by atomic mass is 10.0. The maximum absolute atomic E-state index is 13.0. The van der Waals surface area contributed by atoms with Crippen LogP contribution in [0.3, 0.4) is 0 Å².